The van der Waals surface area contributed by atoms with E-state index in [1.807, 2.05) is 6.92 Å². The number of benzene rings is 1. The molecule has 7 nitrogen and oxygen atoms in total. The van der Waals surface area contributed by atoms with E-state index in [-0.39, 0.29) is 12.4 Å². The molecule has 0 saturated carbocycles. The van der Waals surface area contributed by atoms with Crippen molar-refractivity contribution in [3.8, 4) is 5.75 Å². The Morgan fingerprint density at radius 3 is 2.81 bits per heavy atom. The summed E-state index contributed by atoms with van der Waals surface area (Å²) in [6.07, 6.45) is 1.54. The van der Waals surface area contributed by atoms with Crippen LogP contribution in [0.3, 0.4) is 0 Å². The molecule has 0 aliphatic rings. The Morgan fingerprint density at radius 1 is 1.31 bits per heavy atom. The van der Waals surface area contributed by atoms with E-state index in [9.17, 15) is 9.18 Å². The summed E-state index contributed by atoms with van der Waals surface area (Å²) >= 11 is 1.26. The molecule has 0 unspecified atom stereocenters. The first kappa shape index (κ1) is 16.4. The van der Waals surface area contributed by atoms with Crippen LogP contribution in [0, 0.1) is 12.7 Å². The van der Waals surface area contributed by atoms with Crippen molar-refractivity contribution in [3.63, 3.8) is 0 Å². The van der Waals surface area contributed by atoms with Crippen molar-refractivity contribution < 1.29 is 18.7 Å². The van der Waals surface area contributed by atoms with Crippen molar-refractivity contribution in [2.45, 2.75) is 13.5 Å². The highest BCUT2D eigenvalue weighted by Crippen LogP contribution is 2.32. The first-order valence-electron chi connectivity index (χ1n) is 7.67. The van der Waals surface area contributed by atoms with Gasteiger partial charge in [-0.25, -0.2) is 23.7 Å². The number of aromatic nitrogens is 4. The van der Waals surface area contributed by atoms with E-state index in [0.29, 0.717) is 26.9 Å². The van der Waals surface area contributed by atoms with Gasteiger partial charge in [0.15, 0.2) is 11.5 Å². The number of carbonyl (C=O) groups excluding carboxylic acids is 1. The van der Waals surface area contributed by atoms with Gasteiger partial charge in [0.05, 0.1) is 12.5 Å². The highest BCUT2D eigenvalue weighted by Gasteiger charge is 2.20. The van der Waals surface area contributed by atoms with Gasteiger partial charge in [-0.3, -0.25) is 0 Å². The normalized spacial score (nSPS) is 11.2. The molecule has 0 N–H and O–H groups in total. The molecular weight excluding hydrogens is 359 g/mol. The van der Waals surface area contributed by atoms with Crippen molar-refractivity contribution >= 4 is 33.2 Å². The van der Waals surface area contributed by atoms with Gasteiger partial charge < -0.3 is 9.47 Å². The summed E-state index contributed by atoms with van der Waals surface area (Å²) in [6, 6.07) is 5.72. The van der Waals surface area contributed by atoms with E-state index in [4.69, 9.17) is 9.47 Å². The molecule has 0 atom stereocenters. The van der Waals surface area contributed by atoms with Crippen LogP contribution in [-0.2, 0) is 11.3 Å². The van der Waals surface area contributed by atoms with Crippen LogP contribution in [0.2, 0.25) is 0 Å². The third kappa shape index (κ3) is 2.76. The molecule has 0 spiro atoms. The van der Waals surface area contributed by atoms with Crippen LogP contribution < -0.4 is 4.74 Å². The number of carbonyl (C=O) groups is 1. The summed E-state index contributed by atoms with van der Waals surface area (Å²) in [5, 5.41) is 5.11. The van der Waals surface area contributed by atoms with Crippen molar-refractivity contribution in [2.75, 3.05) is 7.11 Å². The third-order valence-electron chi connectivity index (χ3n) is 3.86. The zero-order valence-electron chi connectivity index (χ0n) is 13.9. The largest absolute Gasteiger partial charge is 0.486 e. The molecular formula is C17H13FN4O3S. The SMILES string of the molecule is COC(=O)c1sc2ncn3nc(COc4ccc(F)cc4)nc3c2c1C. The second kappa shape index (κ2) is 6.34. The summed E-state index contributed by atoms with van der Waals surface area (Å²) in [5.74, 6) is 0.246. The number of hydrogen-bond acceptors (Lipinski definition) is 7. The van der Waals surface area contributed by atoms with Crippen LogP contribution in [0.1, 0.15) is 21.1 Å². The van der Waals surface area contributed by atoms with Gasteiger partial charge in [-0.1, -0.05) is 0 Å². The van der Waals surface area contributed by atoms with Gasteiger partial charge in [0, 0.05) is 0 Å². The molecule has 0 bridgehead atoms. The first-order chi connectivity index (χ1) is 12.6. The predicted octanol–water partition coefficient (Wildman–Crippen LogP) is 3.15. The van der Waals surface area contributed by atoms with E-state index < -0.39 is 5.97 Å². The van der Waals surface area contributed by atoms with Gasteiger partial charge in [-0.15, -0.1) is 16.4 Å². The number of halogens is 1. The monoisotopic (exact) mass is 372 g/mol. The Morgan fingerprint density at radius 2 is 2.08 bits per heavy atom. The van der Waals surface area contributed by atoms with E-state index in [1.54, 1.807) is 10.8 Å². The number of hydrogen-bond donors (Lipinski definition) is 0. The zero-order valence-corrected chi connectivity index (χ0v) is 14.7. The molecule has 3 aromatic heterocycles. The molecule has 4 aromatic rings. The minimum absolute atomic E-state index is 0.127. The number of ether oxygens (including phenoxy) is 2. The number of aryl methyl sites for hydroxylation is 1. The Bertz CT molecular complexity index is 1120. The van der Waals surface area contributed by atoms with E-state index in [0.717, 1.165) is 10.9 Å². The summed E-state index contributed by atoms with van der Waals surface area (Å²) in [4.78, 5) is 21.9. The molecule has 26 heavy (non-hydrogen) atoms. The van der Waals surface area contributed by atoms with Gasteiger partial charge in [0.25, 0.3) is 0 Å². The standard InChI is InChI=1S/C17H13FN4O3S/c1-9-13-15-20-12(7-25-11-5-3-10(18)4-6-11)21-22(15)8-19-16(13)26-14(9)17(23)24-2/h3-6,8H,7H2,1-2H3. The lowest BCUT2D eigenvalue weighted by Gasteiger charge is -2.02. The molecule has 0 fully saturated rings. The second-order valence-electron chi connectivity index (χ2n) is 5.51. The van der Waals surface area contributed by atoms with Crippen LogP contribution >= 0.6 is 11.3 Å². The molecule has 0 aliphatic heterocycles. The van der Waals surface area contributed by atoms with Crippen molar-refractivity contribution in [2.24, 2.45) is 0 Å². The topological polar surface area (TPSA) is 78.6 Å². The fourth-order valence-electron chi connectivity index (χ4n) is 2.61. The lowest BCUT2D eigenvalue weighted by Crippen LogP contribution is -1.99. The maximum absolute atomic E-state index is 12.9. The molecule has 0 aliphatic carbocycles. The zero-order chi connectivity index (χ0) is 18.3. The first-order valence-corrected chi connectivity index (χ1v) is 8.48. The van der Waals surface area contributed by atoms with Gasteiger partial charge in [-0.2, -0.15) is 0 Å². The summed E-state index contributed by atoms with van der Waals surface area (Å²) < 4.78 is 24.9. The molecule has 4 rings (SSSR count). The van der Waals surface area contributed by atoms with Crippen LogP contribution in [0.5, 0.6) is 5.75 Å². The smallest absolute Gasteiger partial charge is 0.348 e. The van der Waals surface area contributed by atoms with Gasteiger partial charge in [0.2, 0.25) is 0 Å². The van der Waals surface area contributed by atoms with E-state index in [1.165, 1.54) is 42.7 Å². The Hall–Kier alpha value is -3.07. The number of methoxy groups -OCH3 is 1. The number of thiophene rings is 1. The van der Waals surface area contributed by atoms with Crippen molar-refractivity contribution in [3.05, 3.63) is 52.7 Å². The average molecular weight is 372 g/mol. The molecule has 0 radical (unpaired) electrons. The highest BCUT2D eigenvalue weighted by atomic mass is 32.1. The van der Waals surface area contributed by atoms with Gasteiger partial charge in [-0.05, 0) is 36.8 Å². The lowest BCUT2D eigenvalue weighted by molar-refractivity contribution is 0.0605. The molecule has 1 aromatic carbocycles. The van der Waals surface area contributed by atoms with Crippen molar-refractivity contribution in [1.29, 1.82) is 0 Å². The molecule has 0 saturated heterocycles. The molecule has 9 heteroatoms. The third-order valence-corrected chi connectivity index (χ3v) is 5.04. The number of esters is 1. The Kier molecular flexibility index (Phi) is 4.00. The summed E-state index contributed by atoms with van der Waals surface area (Å²) in [5.41, 5.74) is 1.35. The fraction of sp³-hybridized carbons (Fsp3) is 0.176. The molecule has 0 amide bonds. The minimum Gasteiger partial charge on any atom is -0.486 e. The summed E-state index contributed by atoms with van der Waals surface area (Å²) in [7, 11) is 1.34. The van der Waals surface area contributed by atoms with Crippen LogP contribution in [0.4, 0.5) is 4.39 Å². The lowest BCUT2D eigenvalue weighted by atomic mass is 10.2. The molecule has 3 heterocycles. The number of nitrogens with zero attached hydrogens (tertiary/aromatic N) is 4. The van der Waals surface area contributed by atoms with Crippen LogP contribution in [0.15, 0.2) is 30.6 Å². The maximum Gasteiger partial charge on any atom is 0.348 e. The quantitative estimate of drug-likeness (QED) is 0.512. The fourth-order valence-corrected chi connectivity index (χ4v) is 3.67. The van der Waals surface area contributed by atoms with Crippen LogP contribution in [0.25, 0.3) is 15.9 Å². The highest BCUT2D eigenvalue weighted by molar-refractivity contribution is 7.20. The average Bonchev–Trinajstić information content (AvgIpc) is 3.21. The van der Waals surface area contributed by atoms with E-state index >= 15 is 0 Å². The number of rotatable bonds is 4. The Balaban J connectivity index is 1.70. The van der Waals surface area contributed by atoms with Crippen LogP contribution in [-0.4, -0.2) is 32.7 Å². The maximum atomic E-state index is 12.9. The van der Waals surface area contributed by atoms with Crippen molar-refractivity contribution in [1.82, 2.24) is 19.6 Å². The summed E-state index contributed by atoms with van der Waals surface area (Å²) in [6.45, 7) is 1.96. The second-order valence-corrected chi connectivity index (χ2v) is 6.51. The van der Waals surface area contributed by atoms with Gasteiger partial charge >= 0.3 is 5.97 Å². The Labute approximate surface area is 151 Å². The minimum atomic E-state index is -0.400. The van der Waals surface area contributed by atoms with E-state index in [2.05, 4.69) is 15.1 Å². The number of fused-ring (bicyclic) bond motifs is 3. The molecule has 132 valence electrons. The van der Waals surface area contributed by atoms with Gasteiger partial charge in [0.1, 0.15) is 34.2 Å². The predicted molar refractivity (Wildman–Crippen MR) is 93.0 cm³/mol.